The Morgan fingerprint density at radius 3 is 2.88 bits per heavy atom. The molecule has 4 nitrogen and oxygen atoms in total. The van der Waals surface area contributed by atoms with Crippen molar-refractivity contribution in [2.75, 3.05) is 22.3 Å². The molecule has 0 fully saturated rings. The molecule has 0 aliphatic carbocycles. The van der Waals surface area contributed by atoms with Crippen LogP contribution in [-0.2, 0) is 16.4 Å². The van der Waals surface area contributed by atoms with Gasteiger partial charge in [-0.2, -0.15) is 0 Å². The number of nitrogens with two attached hydrogens (primary N) is 1. The Labute approximate surface area is 102 Å². The maximum Gasteiger partial charge on any atom is 0.235 e. The third-order valence-corrected chi connectivity index (χ3v) is 4.92. The van der Waals surface area contributed by atoms with Gasteiger partial charge >= 0.3 is 0 Å². The second-order valence-electron chi connectivity index (χ2n) is 4.35. The van der Waals surface area contributed by atoms with Crippen molar-refractivity contribution in [3.05, 3.63) is 23.8 Å². The molecule has 5 heteroatoms. The molecule has 1 aliphatic rings. The van der Waals surface area contributed by atoms with Gasteiger partial charge in [0.05, 0.1) is 17.1 Å². The van der Waals surface area contributed by atoms with Gasteiger partial charge in [0, 0.05) is 6.54 Å². The van der Waals surface area contributed by atoms with E-state index in [1.807, 2.05) is 19.1 Å². The van der Waals surface area contributed by atoms with Crippen molar-refractivity contribution in [3.63, 3.8) is 0 Å². The van der Waals surface area contributed by atoms with Crippen molar-refractivity contribution in [1.29, 1.82) is 0 Å². The number of rotatable bonds is 4. The molecule has 0 saturated heterocycles. The third kappa shape index (κ3) is 2.24. The highest BCUT2D eigenvalue weighted by atomic mass is 32.2. The Bertz CT molecular complexity index is 511. The van der Waals surface area contributed by atoms with E-state index in [4.69, 9.17) is 5.73 Å². The molecule has 0 aromatic heterocycles. The number of fused-ring (bicyclic) bond motifs is 1. The van der Waals surface area contributed by atoms with Crippen molar-refractivity contribution < 1.29 is 8.42 Å². The van der Waals surface area contributed by atoms with Crippen LogP contribution < -0.4 is 10.0 Å². The summed E-state index contributed by atoms with van der Waals surface area (Å²) in [5.41, 5.74) is 8.17. The number of nitrogen functional groups attached to an aromatic ring is 1. The number of unbranched alkanes of at least 4 members (excludes halogenated alkanes) is 1. The first kappa shape index (κ1) is 12.2. The lowest BCUT2D eigenvalue weighted by molar-refractivity contribution is 0.589. The Kier molecular flexibility index (Phi) is 3.28. The fourth-order valence-electron chi connectivity index (χ4n) is 2.17. The molecule has 94 valence electrons. The van der Waals surface area contributed by atoms with Crippen molar-refractivity contribution in [2.24, 2.45) is 0 Å². The van der Waals surface area contributed by atoms with E-state index in [9.17, 15) is 8.42 Å². The van der Waals surface area contributed by atoms with E-state index in [1.54, 1.807) is 6.07 Å². The smallest absolute Gasteiger partial charge is 0.235 e. The fourth-order valence-corrected chi connectivity index (χ4v) is 3.91. The summed E-state index contributed by atoms with van der Waals surface area (Å²) in [4.78, 5) is 0. The van der Waals surface area contributed by atoms with Crippen LogP contribution in [0.5, 0.6) is 0 Å². The molecule has 0 radical (unpaired) electrons. The van der Waals surface area contributed by atoms with Gasteiger partial charge in [-0.25, -0.2) is 8.42 Å². The minimum absolute atomic E-state index is 0.206. The summed E-state index contributed by atoms with van der Waals surface area (Å²) in [5.74, 6) is 0.206. The molecule has 0 spiro atoms. The number of para-hydroxylation sites is 1. The maximum atomic E-state index is 12.2. The Morgan fingerprint density at radius 2 is 2.18 bits per heavy atom. The standard InChI is InChI=1S/C12H18N2O2S/c1-2-3-9-17(15,16)14-8-7-10-5-4-6-11(13)12(10)14/h4-6H,2-3,7-9,13H2,1H3. The van der Waals surface area contributed by atoms with Gasteiger partial charge in [0.2, 0.25) is 10.0 Å². The first-order valence-corrected chi connectivity index (χ1v) is 7.55. The van der Waals surface area contributed by atoms with Crippen LogP contribution in [0.1, 0.15) is 25.3 Å². The lowest BCUT2D eigenvalue weighted by atomic mass is 10.1. The molecule has 1 heterocycles. The summed E-state index contributed by atoms with van der Waals surface area (Å²) < 4.78 is 25.8. The predicted molar refractivity (Wildman–Crippen MR) is 70.6 cm³/mol. The molecule has 1 aliphatic heterocycles. The van der Waals surface area contributed by atoms with Crippen LogP contribution in [0.25, 0.3) is 0 Å². The van der Waals surface area contributed by atoms with E-state index in [2.05, 4.69) is 0 Å². The molecular formula is C12H18N2O2S. The molecule has 0 bridgehead atoms. The van der Waals surface area contributed by atoms with Crippen LogP contribution in [0.3, 0.4) is 0 Å². The zero-order chi connectivity index (χ0) is 12.5. The monoisotopic (exact) mass is 254 g/mol. The number of hydrogen-bond acceptors (Lipinski definition) is 3. The summed E-state index contributed by atoms with van der Waals surface area (Å²) in [7, 11) is -3.20. The first-order chi connectivity index (χ1) is 8.06. The molecule has 2 rings (SSSR count). The minimum Gasteiger partial charge on any atom is -0.397 e. The van der Waals surface area contributed by atoms with Gasteiger partial charge in [0.25, 0.3) is 0 Å². The zero-order valence-electron chi connectivity index (χ0n) is 10.0. The second-order valence-corrected chi connectivity index (χ2v) is 6.36. The largest absolute Gasteiger partial charge is 0.397 e. The summed E-state index contributed by atoms with van der Waals surface area (Å²) >= 11 is 0. The second kappa shape index (κ2) is 4.56. The highest BCUT2D eigenvalue weighted by Gasteiger charge is 2.30. The van der Waals surface area contributed by atoms with Crippen LogP contribution in [0, 0.1) is 0 Å². The number of hydrogen-bond donors (Lipinski definition) is 1. The van der Waals surface area contributed by atoms with Crippen LogP contribution in [0.2, 0.25) is 0 Å². The molecule has 0 saturated carbocycles. The van der Waals surface area contributed by atoms with Crippen LogP contribution in [-0.4, -0.2) is 20.7 Å². The fraction of sp³-hybridized carbons (Fsp3) is 0.500. The van der Waals surface area contributed by atoms with Crippen molar-refractivity contribution in [3.8, 4) is 0 Å². The Balaban J connectivity index is 2.34. The van der Waals surface area contributed by atoms with Crippen LogP contribution in [0.4, 0.5) is 11.4 Å². The number of benzene rings is 1. The first-order valence-electron chi connectivity index (χ1n) is 5.94. The molecule has 0 atom stereocenters. The highest BCUT2D eigenvalue weighted by molar-refractivity contribution is 7.92. The SMILES string of the molecule is CCCCS(=O)(=O)N1CCc2cccc(N)c21. The van der Waals surface area contributed by atoms with E-state index in [-0.39, 0.29) is 5.75 Å². The molecule has 1 aromatic rings. The van der Waals surface area contributed by atoms with E-state index in [0.717, 1.165) is 18.4 Å². The molecular weight excluding hydrogens is 236 g/mol. The molecule has 0 unspecified atom stereocenters. The topological polar surface area (TPSA) is 63.4 Å². The number of sulfonamides is 1. The van der Waals surface area contributed by atoms with Gasteiger partial charge in [-0.15, -0.1) is 0 Å². The maximum absolute atomic E-state index is 12.2. The number of nitrogens with zero attached hydrogens (tertiary/aromatic N) is 1. The summed E-state index contributed by atoms with van der Waals surface area (Å²) in [6, 6.07) is 5.57. The zero-order valence-corrected chi connectivity index (χ0v) is 10.8. The molecule has 1 aromatic carbocycles. The molecule has 0 amide bonds. The minimum atomic E-state index is -3.20. The van der Waals surface area contributed by atoms with Crippen LogP contribution in [0.15, 0.2) is 18.2 Å². The average Bonchev–Trinajstić information content (AvgIpc) is 2.72. The van der Waals surface area contributed by atoms with Gasteiger partial charge in [-0.05, 0) is 24.5 Å². The van der Waals surface area contributed by atoms with Crippen molar-refractivity contribution in [1.82, 2.24) is 0 Å². The third-order valence-electron chi connectivity index (χ3n) is 3.08. The van der Waals surface area contributed by atoms with Gasteiger partial charge in [0.15, 0.2) is 0 Å². The van der Waals surface area contributed by atoms with E-state index >= 15 is 0 Å². The summed E-state index contributed by atoms with van der Waals surface area (Å²) in [5, 5.41) is 0. The Morgan fingerprint density at radius 1 is 1.41 bits per heavy atom. The van der Waals surface area contributed by atoms with E-state index in [1.165, 1.54) is 4.31 Å². The van der Waals surface area contributed by atoms with Crippen LogP contribution >= 0.6 is 0 Å². The lowest BCUT2D eigenvalue weighted by Crippen LogP contribution is -2.31. The number of anilines is 2. The van der Waals surface area contributed by atoms with Gasteiger partial charge in [-0.1, -0.05) is 25.5 Å². The highest BCUT2D eigenvalue weighted by Crippen LogP contribution is 2.35. The average molecular weight is 254 g/mol. The van der Waals surface area contributed by atoms with Crippen molar-refractivity contribution >= 4 is 21.4 Å². The predicted octanol–water partition coefficient (Wildman–Crippen LogP) is 1.76. The quantitative estimate of drug-likeness (QED) is 0.833. The summed E-state index contributed by atoms with van der Waals surface area (Å²) in [6.45, 7) is 2.51. The Hall–Kier alpha value is -1.23. The lowest BCUT2D eigenvalue weighted by Gasteiger charge is -2.20. The van der Waals surface area contributed by atoms with Gasteiger partial charge in [-0.3, -0.25) is 4.31 Å². The normalized spacial score (nSPS) is 15.0. The van der Waals surface area contributed by atoms with Gasteiger partial charge < -0.3 is 5.73 Å². The van der Waals surface area contributed by atoms with E-state index < -0.39 is 10.0 Å². The van der Waals surface area contributed by atoms with E-state index in [0.29, 0.717) is 24.3 Å². The summed E-state index contributed by atoms with van der Waals surface area (Å²) in [6.07, 6.45) is 2.33. The van der Waals surface area contributed by atoms with Gasteiger partial charge in [0.1, 0.15) is 0 Å². The van der Waals surface area contributed by atoms with Crippen molar-refractivity contribution in [2.45, 2.75) is 26.2 Å². The molecule has 2 N–H and O–H groups in total. The molecule has 17 heavy (non-hydrogen) atoms.